The van der Waals surface area contributed by atoms with E-state index in [0.29, 0.717) is 13.0 Å². The largest absolute Gasteiger partial charge is 0.382 e. The summed E-state index contributed by atoms with van der Waals surface area (Å²) in [6, 6.07) is 8.24. The number of carbonyl (C=O) groups excluding carboxylic acids is 1. The van der Waals surface area contributed by atoms with E-state index in [4.69, 9.17) is 4.74 Å². The molecule has 4 saturated carbocycles. The van der Waals surface area contributed by atoms with Crippen LogP contribution in [-0.2, 0) is 15.1 Å². The lowest BCUT2D eigenvalue weighted by Crippen LogP contribution is -2.65. The Bertz CT molecular complexity index is 909. The number of aromatic nitrogens is 2. The van der Waals surface area contributed by atoms with Crippen LogP contribution in [0.15, 0.2) is 42.9 Å². The number of methoxy groups -OCH3 is 1. The molecule has 4 aliphatic rings. The second-order valence-corrected chi connectivity index (χ2v) is 10.1. The molecule has 0 saturated heterocycles. The van der Waals surface area contributed by atoms with E-state index in [1.54, 1.807) is 19.5 Å². The molecule has 2 aromatic rings. The van der Waals surface area contributed by atoms with Crippen molar-refractivity contribution in [2.45, 2.75) is 57.4 Å². The van der Waals surface area contributed by atoms with Gasteiger partial charge in [0.25, 0.3) is 0 Å². The smallest absolute Gasteiger partial charge is 0.220 e. The van der Waals surface area contributed by atoms with Gasteiger partial charge >= 0.3 is 0 Å². The van der Waals surface area contributed by atoms with Gasteiger partial charge in [0.2, 0.25) is 5.91 Å². The van der Waals surface area contributed by atoms with Crippen LogP contribution < -0.4 is 5.32 Å². The summed E-state index contributed by atoms with van der Waals surface area (Å²) in [5.74, 6) is 2.43. The number of amides is 1. The molecule has 31 heavy (non-hydrogen) atoms. The summed E-state index contributed by atoms with van der Waals surface area (Å²) < 4.78 is 5.90. The van der Waals surface area contributed by atoms with Gasteiger partial charge < -0.3 is 10.1 Å². The van der Waals surface area contributed by atoms with Crippen molar-refractivity contribution in [3.8, 4) is 11.3 Å². The minimum atomic E-state index is -0.532. The van der Waals surface area contributed by atoms with E-state index < -0.39 is 5.54 Å². The van der Waals surface area contributed by atoms with Crippen LogP contribution in [-0.4, -0.2) is 29.6 Å². The quantitative estimate of drug-likeness (QED) is 0.705. The van der Waals surface area contributed by atoms with E-state index in [1.165, 1.54) is 38.5 Å². The maximum absolute atomic E-state index is 12.9. The van der Waals surface area contributed by atoms with Gasteiger partial charge in [-0.1, -0.05) is 6.92 Å². The first-order valence-electron chi connectivity index (χ1n) is 11.7. The number of nitrogens with zero attached hydrogens (tertiary/aromatic N) is 2. The third-order valence-electron chi connectivity index (χ3n) is 8.21. The lowest BCUT2D eigenvalue weighted by atomic mass is 9.43. The summed E-state index contributed by atoms with van der Waals surface area (Å²) in [6.07, 6.45) is 13.6. The molecule has 1 amide bonds. The molecule has 0 aromatic carbocycles. The molecule has 4 bridgehead atoms. The van der Waals surface area contributed by atoms with Crippen LogP contribution in [0, 0.1) is 23.2 Å². The van der Waals surface area contributed by atoms with Crippen LogP contribution in [0.5, 0.6) is 0 Å². The van der Waals surface area contributed by atoms with Crippen LogP contribution in [0.1, 0.15) is 57.4 Å². The molecule has 5 heteroatoms. The SMILES string of the molecule is CCC(=O)NC(COC)(c1ccnc(-c2ccncc2)c1)C12CC3CC(CC(C3)C1)C2. The van der Waals surface area contributed by atoms with Gasteiger partial charge in [0.05, 0.1) is 17.8 Å². The third kappa shape index (κ3) is 3.47. The molecule has 2 heterocycles. The molecule has 2 aromatic heterocycles. The molecular weight excluding hydrogens is 386 g/mol. The molecule has 164 valence electrons. The highest BCUT2D eigenvalue weighted by Crippen LogP contribution is 2.65. The summed E-state index contributed by atoms with van der Waals surface area (Å²) in [5.41, 5.74) is 2.58. The second kappa shape index (κ2) is 8.01. The molecule has 6 rings (SSSR count). The second-order valence-electron chi connectivity index (χ2n) is 10.1. The van der Waals surface area contributed by atoms with E-state index in [0.717, 1.165) is 34.6 Å². The predicted molar refractivity (Wildman–Crippen MR) is 120 cm³/mol. The zero-order valence-corrected chi connectivity index (χ0v) is 18.6. The van der Waals surface area contributed by atoms with E-state index in [1.807, 2.05) is 25.3 Å². The van der Waals surface area contributed by atoms with Gasteiger partial charge in [0.15, 0.2) is 0 Å². The van der Waals surface area contributed by atoms with Crippen LogP contribution in [0.2, 0.25) is 0 Å². The van der Waals surface area contributed by atoms with E-state index >= 15 is 0 Å². The molecule has 1 unspecified atom stereocenters. The fourth-order valence-electron chi connectivity index (χ4n) is 7.34. The number of hydrogen-bond donors (Lipinski definition) is 1. The monoisotopic (exact) mass is 419 g/mol. The highest BCUT2D eigenvalue weighted by atomic mass is 16.5. The Morgan fingerprint density at radius 3 is 2.32 bits per heavy atom. The summed E-state index contributed by atoms with van der Waals surface area (Å²) in [7, 11) is 1.76. The Hall–Kier alpha value is -2.27. The van der Waals surface area contributed by atoms with Crippen molar-refractivity contribution in [1.29, 1.82) is 0 Å². The maximum Gasteiger partial charge on any atom is 0.220 e. The summed E-state index contributed by atoms with van der Waals surface area (Å²) in [5, 5.41) is 3.53. The Morgan fingerprint density at radius 1 is 1.10 bits per heavy atom. The van der Waals surface area contributed by atoms with Crippen molar-refractivity contribution >= 4 is 5.91 Å². The van der Waals surface area contributed by atoms with Crippen molar-refractivity contribution in [3.63, 3.8) is 0 Å². The van der Waals surface area contributed by atoms with E-state index in [2.05, 4.69) is 27.4 Å². The zero-order valence-electron chi connectivity index (χ0n) is 18.6. The lowest BCUT2D eigenvalue weighted by Gasteiger charge is -2.63. The first kappa shape index (κ1) is 20.6. The van der Waals surface area contributed by atoms with Gasteiger partial charge in [-0.2, -0.15) is 0 Å². The average molecular weight is 420 g/mol. The highest BCUT2D eigenvalue weighted by molar-refractivity contribution is 5.77. The fraction of sp³-hybridized carbons (Fsp3) is 0.577. The molecular formula is C26H33N3O2. The number of hydrogen-bond acceptors (Lipinski definition) is 4. The molecule has 0 spiro atoms. The van der Waals surface area contributed by atoms with Crippen LogP contribution in [0.3, 0.4) is 0 Å². The van der Waals surface area contributed by atoms with Crippen molar-refractivity contribution < 1.29 is 9.53 Å². The Balaban J connectivity index is 1.65. The number of ether oxygens (including phenoxy) is 1. The normalized spacial score (nSPS) is 30.7. The number of nitrogens with one attached hydrogen (secondary N) is 1. The first-order chi connectivity index (χ1) is 15.1. The molecule has 0 aliphatic heterocycles. The Kier molecular flexibility index (Phi) is 5.33. The van der Waals surface area contributed by atoms with Gasteiger partial charge in [-0.3, -0.25) is 14.8 Å². The summed E-state index contributed by atoms with van der Waals surface area (Å²) in [4.78, 5) is 21.7. The molecule has 4 fully saturated rings. The number of pyridine rings is 2. The van der Waals surface area contributed by atoms with Crippen LogP contribution in [0.25, 0.3) is 11.3 Å². The predicted octanol–water partition coefficient (Wildman–Crippen LogP) is 4.73. The zero-order chi connectivity index (χ0) is 21.5. The minimum absolute atomic E-state index is 0.0411. The van der Waals surface area contributed by atoms with Gasteiger partial charge in [0, 0.05) is 43.1 Å². The molecule has 0 radical (unpaired) electrons. The molecule has 1 atom stereocenters. The lowest BCUT2D eigenvalue weighted by molar-refractivity contribution is -0.146. The van der Waals surface area contributed by atoms with Crippen LogP contribution >= 0.6 is 0 Å². The van der Waals surface area contributed by atoms with Crippen molar-refractivity contribution in [2.75, 3.05) is 13.7 Å². The molecule has 1 N–H and O–H groups in total. The van der Waals surface area contributed by atoms with Gasteiger partial charge in [-0.25, -0.2) is 0 Å². The first-order valence-corrected chi connectivity index (χ1v) is 11.7. The summed E-state index contributed by atoms with van der Waals surface area (Å²) in [6.45, 7) is 2.42. The minimum Gasteiger partial charge on any atom is -0.382 e. The van der Waals surface area contributed by atoms with Crippen molar-refractivity contribution in [1.82, 2.24) is 15.3 Å². The van der Waals surface area contributed by atoms with Crippen molar-refractivity contribution in [3.05, 3.63) is 48.4 Å². The molecule has 5 nitrogen and oxygen atoms in total. The van der Waals surface area contributed by atoms with E-state index in [-0.39, 0.29) is 11.3 Å². The standard InChI is InChI=1S/C26H33N3O2/c1-3-24(30)29-26(17-31-2,25-14-18-10-19(15-25)12-20(11-18)16-25)22-6-9-28-23(13-22)21-4-7-27-8-5-21/h4-9,13,18-20H,3,10-12,14-17H2,1-2H3,(H,29,30). The Labute approximate surface area is 185 Å². The van der Waals surface area contributed by atoms with Crippen LogP contribution in [0.4, 0.5) is 0 Å². The third-order valence-corrected chi connectivity index (χ3v) is 8.21. The van der Waals surface area contributed by atoms with Gasteiger partial charge in [-0.05, 0) is 86.1 Å². The average Bonchev–Trinajstić information content (AvgIpc) is 2.78. The highest BCUT2D eigenvalue weighted by Gasteiger charge is 2.61. The molecule has 4 aliphatic carbocycles. The topological polar surface area (TPSA) is 64.1 Å². The van der Waals surface area contributed by atoms with Gasteiger partial charge in [0.1, 0.15) is 0 Å². The number of rotatable bonds is 7. The van der Waals surface area contributed by atoms with Gasteiger partial charge in [-0.15, -0.1) is 0 Å². The van der Waals surface area contributed by atoms with Crippen molar-refractivity contribution in [2.24, 2.45) is 23.2 Å². The Morgan fingerprint density at radius 2 is 1.74 bits per heavy atom. The fourth-order valence-corrected chi connectivity index (χ4v) is 7.34. The van der Waals surface area contributed by atoms with E-state index in [9.17, 15) is 4.79 Å². The number of carbonyl (C=O) groups is 1. The maximum atomic E-state index is 12.9. The summed E-state index contributed by atoms with van der Waals surface area (Å²) >= 11 is 0.